The molecular formula is C9H13N3O4. The maximum absolute atomic E-state index is 10.5. The molecule has 0 spiro atoms. The monoisotopic (exact) mass is 227 g/mol. The molecule has 0 amide bonds. The third-order valence-corrected chi connectivity index (χ3v) is 1.95. The second kappa shape index (κ2) is 4.86. The lowest BCUT2D eigenvalue weighted by Gasteiger charge is -2.20. The minimum atomic E-state index is -1.29. The Balaban J connectivity index is 2.68. The van der Waals surface area contributed by atoms with Crippen LogP contribution in [0.2, 0.25) is 0 Å². The van der Waals surface area contributed by atoms with Crippen LogP contribution < -0.4 is 5.32 Å². The van der Waals surface area contributed by atoms with Crippen molar-refractivity contribution in [2.45, 2.75) is 12.5 Å². The van der Waals surface area contributed by atoms with Crippen molar-refractivity contribution >= 4 is 11.5 Å². The Morgan fingerprint density at radius 2 is 2.38 bits per heavy atom. The Labute approximate surface area is 91.9 Å². The molecule has 7 heteroatoms. The molecule has 1 atom stereocenters. The maximum atomic E-state index is 10.5. The predicted molar refractivity (Wildman–Crippen MR) is 57.1 cm³/mol. The summed E-state index contributed by atoms with van der Waals surface area (Å²) in [4.78, 5) is 13.8. The van der Waals surface area contributed by atoms with Gasteiger partial charge in [-0.3, -0.25) is 10.1 Å². The standard InChI is InChI=1S/C9H13N3O4/c1-9(14,6-13)5-11-8-4-7(12(15)16)2-3-10-8/h2-4,13-14H,5-6H2,1H3,(H,10,11). The van der Waals surface area contributed by atoms with Crippen molar-refractivity contribution in [3.63, 3.8) is 0 Å². The number of rotatable bonds is 5. The van der Waals surface area contributed by atoms with Crippen LogP contribution in [0.1, 0.15) is 6.92 Å². The number of hydrogen-bond donors (Lipinski definition) is 3. The topological polar surface area (TPSA) is 109 Å². The lowest BCUT2D eigenvalue weighted by atomic mass is 10.1. The first-order valence-electron chi connectivity index (χ1n) is 4.62. The van der Waals surface area contributed by atoms with E-state index in [0.717, 1.165) is 0 Å². The Morgan fingerprint density at radius 3 is 2.94 bits per heavy atom. The van der Waals surface area contributed by atoms with Crippen LogP contribution in [0.3, 0.4) is 0 Å². The van der Waals surface area contributed by atoms with Gasteiger partial charge in [0.2, 0.25) is 0 Å². The van der Waals surface area contributed by atoms with E-state index in [4.69, 9.17) is 5.11 Å². The van der Waals surface area contributed by atoms with E-state index >= 15 is 0 Å². The summed E-state index contributed by atoms with van der Waals surface area (Å²) in [7, 11) is 0. The van der Waals surface area contributed by atoms with Crippen LogP contribution in [-0.4, -0.2) is 38.9 Å². The maximum Gasteiger partial charge on any atom is 0.274 e. The Kier molecular flexibility index (Phi) is 3.75. The molecule has 0 bridgehead atoms. The van der Waals surface area contributed by atoms with Crippen molar-refractivity contribution < 1.29 is 15.1 Å². The van der Waals surface area contributed by atoms with Gasteiger partial charge in [0.25, 0.3) is 5.69 Å². The van der Waals surface area contributed by atoms with Crippen LogP contribution in [-0.2, 0) is 0 Å². The molecule has 1 aromatic rings. The SMILES string of the molecule is CC(O)(CO)CNc1cc([N+](=O)[O-])ccn1. The van der Waals surface area contributed by atoms with E-state index in [-0.39, 0.29) is 18.1 Å². The van der Waals surface area contributed by atoms with Crippen molar-refractivity contribution in [3.05, 3.63) is 28.4 Å². The highest BCUT2D eigenvalue weighted by atomic mass is 16.6. The summed E-state index contributed by atoms with van der Waals surface area (Å²) in [5, 5.41) is 31.5. The Morgan fingerprint density at radius 1 is 1.69 bits per heavy atom. The number of anilines is 1. The van der Waals surface area contributed by atoms with Crippen molar-refractivity contribution in [1.82, 2.24) is 4.98 Å². The second-order valence-electron chi connectivity index (χ2n) is 3.66. The van der Waals surface area contributed by atoms with Gasteiger partial charge in [0.1, 0.15) is 11.4 Å². The quantitative estimate of drug-likeness (QED) is 0.488. The number of pyridine rings is 1. The van der Waals surface area contributed by atoms with E-state index in [9.17, 15) is 15.2 Å². The average molecular weight is 227 g/mol. The summed E-state index contributed by atoms with van der Waals surface area (Å²) in [5.41, 5.74) is -1.37. The first-order chi connectivity index (χ1) is 7.44. The van der Waals surface area contributed by atoms with Gasteiger partial charge in [-0.25, -0.2) is 4.98 Å². The number of nitrogens with one attached hydrogen (secondary N) is 1. The molecule has 0 aliphatic carbocycles. The number of aliphatic hydroxyl groups is 2. The van der Waals surface area contributed by atoms with Gasteiger partial charge in [0.05, 0.1) is 17.6 Å². The zero-order valence-electron chi connectivity index (χ0n) is 8.75. The smallest absolute Gasteiger partial charge is 0.274 e. The van der Waals surface area contributed by atoms with Crippen LogP contribution >= 0.6 is 0 Å². The van der Waals surface area contributed by atoms with Gasteiger partial charge in [-0.1, -0.05) is 0 Å². The van der Waals surface area contributed by atoms with Gasteiger partial charge in [-0.15, -0.1) is 0 Å². The average Bonchev–Trinajstić information content (AvgIpc) is 2.27. The fourth-order valence-electron chi connectivity index (χ4n) is 0.967. The molecule has 1 aromatic heterocycles. The molecule has 0 saturated carbocycles. The van der Waals surface area contributed by atoms with Crippen molar-refractivity contribution in [1.29, 1.82) is 0 Å². The normalized spacial score (nSPS) is 14.2. The molecular weight excluding hydrogens is 214 g/mol. The summed E-state index contributed by atoms with van der Waals surface area (Å²) in [6.07, 6.45) is 1.30. The van der Waals surface area contributed by atoms with Crippen LogP contribution in [0.15, 0.2) is 18.3 Å². The lowest BCUT2D eigenvalue weighted by molar-refractivity contribution is -0.384. The number of aromatic nitrogens is 1. The number of nitrogens with zero attached hydrogens (tertiary/aromatic N) is 2. The van der Waals surface area contributed by atoms with Gasteiger partial charge < -0.3 is 15.5 Å². The number of aliphatic hydroxyl groups excluding tert-OH is 1. The van der Waals surface area contributed by atoms with E-state index in [1.54, 1.807) is 0 Å². The third kappa shape index (κ3) is 3.44. The fourth-order valence-corrected chi connectivity index (χ4v) is 0.967. The summed E-state index contributed by atoms with van der Waals surface area (Å²) in [6, 6.07) is 2.53. The summed E-state index contributed by atoms with van der Waals surface area (Å²) < 4.78 is 0. The molecule has 0 fully saturated rings. The molecule has 1 heterocycles. The first-order valence-corrected chi connectivity index (χ1v) is 4.62. The second-order valence-corrected chi connectivity index (χ2v) is 3.66. The van der Waals surface area contributed by atoms with Crippen LogP contribution in [0.25, 0.3) is 0 Å². The molecule has 0 aromatic carbocycles. The van der Waals surface area contributed by atoms with Gasteiger partial charge >= 0.3 is 0 Å². The van der Waals surface area contributed by atoms with Crippen LogP contribution in [0.4, 0.5) is 11.5 Å². The highest BCUT2D eigenvalue weighted by Crippen LogP contribution is 2.14. The minimum Gasteiger partial charge on any atom is -0.393 e. The lowest BCUT2D eigenvalue weighted by Crippen LogP contribution is -2.37. The molecule has 0 radical (unpaired) electrons. The zero-order chi connectivity index (χ0) is 12.2. The van der Waals surface area contributed by atoms with Gasteiger partial charge in [0, 0.05) is 18.8 Å². The number of nitro groups is 1. The molecule has 1 rings (SSSR count). The molecule has 16 heavy (non-hydrogen) atoms. The minimum absolute atomic E-state index is 0.0532. The van der Waals surface area contributed by atoms with Crippen molar-refractivity contribution in [3.8, 4) is 0 Å². The summed E-state index contributed by atoms with van der Waals surface area (Å²) in [6.45, 7) is 1.09. The summed E-state index contributed by atoms with van der Waals surface area (Å²) in [5.74, 6) is 0.280. The zero-order valence-corrected chi connectivity index (χ0v) is 8.75. The largest absolute Gasteiger partial charge is 0.393 e. The Hall–Kier alpha value is -1.73. The van der Waals surface area contributed by atoms with Crippen molar-refractivity contribution in [2.75, 3.05) is 18.5 Å². The van der Waals surface area contributed by atoms with Gasteiger partial charge in [-0.2, -0.15) is 0 Å². The van der Waals surface area contributed by atoms with E-state index in [0.29, 0.717) is 0 Å². The molecule has 7 nitrogen and oxygen atoms in total. The van der Waals surface area contributed by atoms with E-state index < -0.39 is 17.1 Å². The molecule has 3 N–H and O–H groups in total. The predicted octanol–water partition coefficient (Wildman–Crippen LogP) is 0.145. The van der Waals surface area contributed by atoms with Crippen LogP contribution in [0, 0.1) is 10.1 Å². The Bertz CT molecular complexity index is 381. The van der Waals surface area contributed by atoms with Gasteiger partial charge in [0.15, 0.2) is 0 Å². The number of hydrogen-bond acceptors (Lipinski definition) is 6. The van der Waals surface area contributed by atoms with Crippen LogP contribution in [0.5, 0.6) is 0 Å². The highest BCUT2D eigenvalue weighted by molar-refractivity contribution is 5.44. The third-order valence-electron chi connectivity index (χ3n) is 1.95. The molecule has 88 valence electrons. The fraction of sp³-hybridized carbons (Fsp3) is 0.444. The first kappa shape index (κ1) is 12.3. The van der Waals surface area contributed by atoms with E-state index in [1.807, 2.05) is 0 Å². The van der Waals surface area contributed by atoms with Gasteiger partial charge in [-0.05, 0) is 6.92 Å². The molecule has 1 unspecified atom stereocenters. The van der Waals surface area contributed by atoms with E-state index in [1.165, 1.54) is 25.3 Å². The highest BCUT2D eigenvalue weighted by Gasteiger charge is 2.19. The summed E-state index contributed by atoms with van der Waals surface area (Å²) >= 11 is 0. The molecule has 0 aliphatic heterocycles. The van der Waals surface area contributed by atoms with E-state index in [2.05, 4.69) is 10.3 Å². The molecule has 0 aliphatic rings. The molecule has 0 saturated heterocycles. The van der Waals surface area contributed by atoms with Crippen molar-refractivity contribution in [2.24, 2.45) is 0 Å².